The second-order valence-electron chi connectivity index (χ2n) is 5.54. The van der Waals surface area contributed by atoms with Crippen LogP contribution in [0.5, 0.6) is 0 Å². The summed E-state index contributed by atoms with van der Waals surface area (Å²) in [5.41, 5.74) is 0.782. The molecule has 0 amide bonds. The van der Waals surface area contributed by atoms with Crippen LogP contribution >= 0.6 is 0 Å². The third-order valence-corrected chi connectivity index (χ3v) is 3.91. The summed E-state index contributed by atoms with van der Waals surface area (Å²) >= 11 is 0. The molecule has 7 heteroatoms. The quantitative estimate of drug-likeness (QED) is 0.916. The minimum absolute atomic E-state index is 0.236. The van der Waals surface area contributed by atoms with Crippen molar-refractivity contribution in [2.75, 3.05) is 6.54 Å². The number of aromatic amines is 1. The van der Waals surface area contributed by atoms with Crippen molar-refractivity contribution in [3.63, 3.8) is 0 Å². The number of hydrogen-bond donors (Lipinski definition) is 2. The highest BCUT2D eigenvalue weighted by Crippen LogP contribution is 2.36. The number of alkyl halides is 3. The highest BCUT2D eigenvalue weighted by molar-refractivity contribution is 5.29. The van der Waals surface area contributed by atoms with Gasteiger partial charge in [0.25, 0.3) is 0 Å². The Kier molecular flexibility index (Phi) is 3.92. The standard InChI is InChI=1S/C15H16F3N3O/c16-15(17,18)11-3-1-2-10(6-11)14-7-13(22)9-21(14)8-12-4-5-19-20-12/h1-6,13-14,22H,7-9H2,(H,19,20)/t13-,14+/m0/s1. The first-order valence-corrected chi connectivity index (χ1v) is 7.01. The molecular formula is C15H16F3N3O. The Labute approximate surface area is 125 Å². The highest BCUT2D eigenvalue weighted by atomic mass is 19.4. The number of H-pyrrole nitrogens is 1. The van der Waals surface area contributed by atoms with Crippen LogP contribution in [0.3, 0.4) is 0 Å². The molecule has 0 unspecified atom stereocenters. The number of aromatic nitrogens is 2. The van der Waals surface area contributed by atoms with Gasteiger partial charge in [0.1, 0.15) is 0 Å². The summed E-state index contributed by atoms with van der Waals surface area (Å²) in [6.45, 7) is 0.942. The first-order valence-electron chi connectivity index (χ1n) is 7.01. The number of aliphatic hydroxyl groups excluding tert-OH is 1. The predicted molar refractivity (Wildman–Crippen MR) is 73.8 cm³/mol. The maximum atomic E-state index is 12.9. The molecule has 2 N–H and O–H groups in total. The molecule has 1 fully saturated rings. The summed E-state index contributed by atoms with van der Waals surface area (Å²) in [6, 6.07) is 6.90. The van der Waals surface area contributed by atoms with Crippen molar-refractivity contribution in [1.82, 2.24) is 15.1 Å². The molecule has 0 bridgehead atoms. The minimum atomic E-state index is -4.36. The van der Waals surface area contributed by atoms with E-state index in [4.69, 9.17) is 0 Å². The number of nitrogens with one attached hydrogen (secondary N) is 1. The van der Waals surface area contributed by atoms with Gasteiger partial charge in [0.2, 0.25) is 0 Å². The first kappa shape index (κ1) is 15.1. The first-order chi connectivity index (χ1) is 10.4. The van der Waals surface area contributed by atoms with Gasteiger partial charge in [-0.3, -0.25) is 10.00 Å². The lowest BCUT2D eigenvalue weighted by Gasteiger charge is -2.24. The summed E-state index contributed by atoms with van der Waals surface area (Å²) in [6.07, 6.45) is -2.85. The van der Waals surface area contributed by atoms with Crippen LogP contribution in [0.25, 0.3) is 0 Å². The van der Waals surface area contributed by atoms with Crippen LogP contribution in [0.1, 0.15) is 29.3 Å². The zero-order chi connectivity index (χ0) is 15.7. The Morgan fingerprint density at radius 1 is 1.32 bits per heavy atom. The molecule has 4 nitrogen and oxygen atoms in total. The van der Waals surface area contributed by atoms with E-state index >= 15 is 0 Å². The molecule has 1 aliphatic rings. The smallest absolute Gasteiger partial charge is 0.392 e. The Balaban J connectivity index is 1.85. The van der Waals surface area contributed by atoms with Gasteiger partial charge >= 0.3 is 6.18 Å². The number of hydrogen-bond acceptors (Lipinski definition) is 3. The fourth-order valence-electron chi connectivity index (χ4n) is 2.91. The van der Waals surface area contributed by atoms with Crippen molar-refractivity contribution in [3.05, 3.63) is 53.3 Å². The van der Waals surface area contributed by atoms with E-state index in [1.165, 1.54) is 12.1 Å². The maximum absolute atomic E-state index is 12.9. The van der Waals surface area contributed by atoms with Crippen LogP contribution in [-0.4, -0.2) is 32.9 Å². The largest absolute Gasteiger partial charge is 0.416 e. The van der Waals surface area contributed by atoms with E-state index in [0.29, 0.717) is 25.1 Å². The summed E-state index contributed by atoms with van der Waals surface area (Å²) in [4.78, 5) is 1.97. The lowest BCUT2D eigenvalue weighted by atomic mass is 10.0. The number of benzene rings is 1. The Bertz CT molecular complexity index is 627. The molecule has 118 valence electrons. The van der Waals surface area contributed by atoms with Crippen molar-refractivity contribution >= 4 is 0 Å². The maximum Gasteiger partial charge on any atom is 0.416 e. The van der Waals surface area contributed by atoms with E-state index < -0.39 is 17.8 Å². The average molecular weight is 311 g/mol. The molecule has 0 spiro atoms. The number of rotatable bonds is 3. The molecule has 0 radical (unpaired) electrons. The second kappa shape index (κ2) is 5.73. The summed E-state index contributed by atoms with van der Waals surface area (Å²) < 4.78 is 38.6. The normalized spacial score (nSPS) is 23.1. The van der Waals surface area contributed by atoms with Crippen LogP contribution in [-0.2, 0) is 12.7 Å². The number of aliphatic hydroxyl groups is 1. The van der Waals surface area contributed by atoms with Crippen LogP contribution < -0.4 is 0 Å². The Hall–Kier alpha value is -1.86. The summed E-state index contributed by atoms with van der Waals surface area (Å²) in [5, 5.41) is 16.6. The number of likely N-dealkylation sites (tertiary alicyclic amines) is 1. The van der Waals surface area contributed by atoms with Gasteiger partial charge in [-0.15, -0.1) is 0 Å². The molecule has 3 rings (SSSR count). The monoisotopic (exact) mass is 311 g/mol. The van der Waals surface area contributed by atoms with E-state index in [1.54, 1.807) is 12.3 Å². The lowest BCUT2D eigenvalue weighted by Crippen LogP contribution is -2.24. The third kappa shape index (κ3) is 3.15. The lowest BCUT2D eigenvalue weighted by molar-refractivity contribution is -0.137. The van der Waals surface area contributed by atoms with Crippen LogP contribution in [0.2, 0.25) is 0 Å². The van der Waals surface area contributed by atoms with Gasteiger partial charge < -0.3 is 5.11 Å². The van der Waals surface area contributed by atoms with Crippen molar-refractivity contribution in [3.8, 4) is 0 Å². The summed E-state index contributed by atoms with van der Waals surface area (Å²) in [5.74, 6) is 0. The highest BCUT2D eigenvalue weighted by Gasteiger charge is 2.35. The predicted octanol–water partition coefficient (Wildman–Crippen LogP) is 2.74. The molecule has 2 aromatic rings. The van der Waals surface area contributed by atoms with Gasteiger partial charge in [0.05, 0.1) is 11.7 Å². The molecule has 1 aromatic carbocycles. The van der Waals surface area contributed by atoms with E-state index in [0.717, 1.165) is 11.8 Å². The van der Waals surface area contributed by atoms with E-state index in [-0.39, 0.29) is 6.04 Å². The van der Waals surface area contributed by atoms with Crippen LogP contribution in [0, 0.1) is 0 Å². The molecule has 22 heavy (non-hydrogen) atoms. The van der Waals surface area contributed by atoms with E-state index in [1.807, 2.05) is 11.0 Å². The molecule has 0 aliphatic carbocycles. The van der Waals surface area contributed by atoms with Crippen molar-refractivity contribution in [1.29, 1.82) is 0 Å². The average Bonchev–Trinajstić information content (AvgIpc) is 3.08. The van der Waals surface area contributed by atoms with Gasteiger partial charge in [0, 0.05) is 31.0 Å². The Morgan fingerprint density at radius 3 is 2.82 bits per heavy atom. The Morgan fingerprint density at radius 2 is 2.14 bits per heavy atom. The zero-order valence-corrected chi connectivity index (χ0v) is 11.7. The fraction of sp³-hybridized carbons (Fsp3) is 0.400. The van der Waals surface area contributed by atoms with E-state index in [2.05, 4.69) is 10.2 Å². The zero-order valence-electron chi connectivity index (χ0n) is 11.7. The fourth-order valence-corrected chi connectivity index (χ4v) is 2.91. The van der Waals surface area contributed by atoms with Gasteiger partial charge in [-0.05, 0) is 30.2 Å². The van der Waals surface area contributed by atoms with Gasteiger partial charge in [-0.2, -0.15) is 18.3 Å². The van der Waals surface area contributed by atoms with Gasteiger partial charge in [-0.25, -0.2) is 0 Å². The third-order valence-electron chi connectivity index (χ3n) is 3.91. The number of β-amino-alcohol motifs (C(OH)–C–C–N with tert-alkyl or cyclic N) is 1. The van der Waals surface area contributed by atoms with Gasteiger partial charge in [-0.1, -0.05) is 12.1 Å². The van der Waals surface area contributed by atoms with Crippen molar-refractivity contribution in [2.45, 2.75) is 31.3 Å². The van der Waals surface area contributed by atoms with E-state index in [9.17, 15) is 18.3 Å². The van der Waals surface area contributed by atoms with Crippen molar-refractivity contribution in [2.24, 2.45) is 0 Å². The topological polar surface area (TPSA) is 52.1 Å². The molecule has 2 heterocycles. The van der Waals surface area contributed by atoms with Gasteiger partial charge in [0.15, 0.2) is 0 Å². The number of halogens is 3. The summed E-state index contributed by atoms with van der Waals surface area (Å²) in [7, 11) is 0. The molecule has 1 aromatic heterocycles. The molecule has 0 saturated carbocycles. The molecule has 1 aliphatic heterocycles. The second-order valence-corrected chi connectivity index (χ2v) is 5.54. The SMILES string of the molecule is O[C@H]1C[C@H](c2cccc(C(F)(F)F)c2)N(Cc2ccn[nH]2)C1. The molecular weight excluding hydrogens is 295 g/mol. The molecule has 1 saturated heterocycles. The number of nitrogens with zero attached hydrogens (tertiary/aromatic N) is 2. The van der Waals surface area contributed by atoms with Crippen LogP contribution in [0.15, 0.2) is 36.5 Å². The minimum Gasteiger partial charge on any atom is -0.392 e. The van der Waals surface area contributed by atoms with Crippen LogP contribution in [0.4, 0.5) is 13.2 Å². The molecule has 2 atom stereocenters. The van der Waals surface area contributed by atoms with Crippen molar-refractivity contribution < 1.29 is 18.3 Å².